The summed E-state index contributed by atoms with van der Waals surface area (Å²) in [6, 6.07) is 16.6. The summed E-state index contributed by atoms with van der Waals surface area (Å²) < 4.78 is 17.9. The molecule has 0 saturated carbocycles. The summed E-state index contributed by atoms with van der Waals surface area (Å²) in [7, 11) is 0. The molecule has 0 aromatic heterocycles. The van der Waals surface area contributed by atoms with Crippen LogP contribution in [-0.2, 0) is 9.47 Å². The maximum Gasteiger partial charge on any atom is 0.169 e. The van der Waals surface area contributed by atoms with Crippen molar-refractivity contribution in [2.24, 2.45) is 0 Å². The van der Waals surface area contributed by atoms with Gasteiger partial charge in [-0.2, -0.15) is 0 Å². The molecule has 1 aliphatic rings. The first-order chi connectivity index (χ1) is 11.8. The molecule has 0 N–H and O–H groups in total. The smallest absolute Gasteiger partial charge is 0.169 e. The molecule has 0 aliphatic heterocycles. The van der Waals surface area contributed by atoms with E-state index in [-0.39, 0.29) is 5.92 Å². The van der Waals surface area contributed by atoms with Gasteiger partial charge >= 0.3 is 0 Å². The van der Waals surface area contributed by atoms with Crippen LogP contribution >= 0.6 is 0 Å². The van der Waals surface area contributed by atoms with Gasteiger partial charge in [-0.1, -0.05) is 42.5 Å². The second-order valence-electron chi connectivity index (χ2n) is 5.56. The van der Waals surface area contributed by atoms with Crippen molar-refractivity contribution in [3.05, 3.63) is 71.0 Å². The van der Waals surface area contributed by atoms with Crippen molar-refractivity contribution in [3.8, 4) is 5.75 Å². The van der Waals surface area contributed by atoms with E-state index in [9.17, 15) is 0 Å². The van der Waals surface area contributed by atoms with Crippen LogP contribution in [-0.4, -0.2) is 19.8 Å². The normalized spacial score (nSPS) is 16.0. The van der Waals surface area contributed by atoms with Crippen LogP contribution in [0, 0.1) is 0 Å². The first-order valence-electron chi connectivity index (χ1n) is 8.62. The highest BCUT2D eigenvalue weighted by Crippen LogP contribution is 2.49. The number of fused-ring (bicyclic) bond motifs is 1. The third-order valence-corrected chi connectivity index (χ3v) is 4.10. The summed E-state index contributed by atoms with van der Waals surface area (Å²) in [6.07, 6.45) is 0. The number of rotatable bonds is 7. The Balaban J connectivity index is 2.21. The molecule has 0 radical (unpaired) electrons. The number of ether oxygens (including phenoxy) is 3. The number of allylic oxidation sites excluding steroid dienone is 1. The van der Waals surface area contributed by atoms with Gasteiger partial charge in [0.15, 0.2) is 11.5 Å². The van der Waals surface area contributed by atoms with Crippen molar-refractivity contribution in [1.82, 2.24) is 0 Å². The van der Waals surface area contributed by atoms with Gasteiger partial charge in [-0.3, -0.25) is 0 Å². The van der Waals surface area contributed by atoms with Gasteiger partial charge in [0, 0.05) is 0 Å². The van der Waals surface area contributed by atoms with Gasteiger partial charge in [-0.25, -0.2) is 0 Å². The lowest BCUT2D eigenvalue weighted by Crippen LogP contribution is -2.05. The zero-order valence-electron chi connectivity index (χ0n) is 14.5. The summed E-state index contributed by atoms with van der Waals surface area (Å²) in [6.45, 7) is 7.81. The quantitative estimate of drug-likeness (QED) is 0.719. The lowest BCUT2D eigenvalue weighted by molar-refractivity contribution is 0.198. The first kappa shape index (κ1) is 16.4. The average Bonchev–Trinajstić information content (AvgIpc) is 2.91. The minimum atomic E-state index is 0.0445. The van der Waals surface area contributed by atoms with Gasteiger partial charge < -0.3 is 14.2 Å². The second-order valence-corrected chi connectivity index (χ2v) is 5.56. The van der Waals surface area contributed by atoms with E-state index < -0.39 is 0 Å². The van der Waals surface area contributed by atoms with Crippen molar-refractivity contribution in [2.75, 3.05) is 19.8 Å². The molecular formula is C21H24O3. The maximum absolute atomic E-state index is 6.05. The lowest BCUT2D eigenvalue weighted by Gasteiger charge is -2.17. The van der Waals surface area contributed by atoms with Crippen molar-refractivity contribution in [2.45, 2.75) is 26.7 Å². The molecule has 3 rings (SSSR count). The third-order valence-electron chi connectivity index (χ3n) is 4.10. The summed E-state index contributed by atoms with van der Waals surface area (Å²) in [5.41, 5.74) is 3.41. The van der Waals surface area contributed by atoms with Crippen LogP contribution in [0.15, 0.2) is 54.3 Å². The van der Waals surface area contributed by atoms with Crippen molar-refractivity contribution >= 4 is 5.76 Å². The summed E-state index contributed by atoms with van der Waals surface area (Å²) in [4.78, 5) is 0. The van der Waals surface area contributed by atoms with Crippen LogP contribution in [0.1, 0.15) is 43.4 Å². The van der Waals surface area contributed by atoms with Gasteiger partial charge in [0.25, 0.3) is 0 Å². The third kappa shape index (κ3) is 2.86. The molecule has 0 spiro atoms. The summed E-state index contributed by atoms with van der Waals surface area (Å²) in [5.74, 6) is 2.59. The molecule has 0 bridgehead atoms. The topological polar surface area (TPSA) is 27.7 Å². The maximum atomic E-state index is 6.05. The summed E-state index contributed by atoms with van der Waals surface area (Å²) in [5, 5.41) is 0. The molecule has 0 fully saturated rings. The van der Waals surface area contributed by atoms with Gasteiger partial charge in [-0.05, 0) is 38.0 Å². The predicted molar refractivity (Wildman–Crippen MR) is 96.1 cm³/mol. The van der Waals surface area contributed by atoms with Crippen LogP contribution in [0.2, 0.25) is 0 Å². The summed E-state index contributed by atoms with van der Waals surface area (Å²) >= 11 is 0. The average molecular weight is 324 g/mol. The van der Waals surface area contributed by atoms with Gasteiger partial charge in [0.05, 0.1) is 31.3 Å². The molecule has 0 amide bonds. The molecular weight excluding hydrogens is 300 g/mol. The molecule has 3 nitrogen and oxygen atoms in total. The van der Waals surface area contributed by atoms with Crippen molar-refractivity contribution < 1.29 is 14.2 Å². The minimum Gasteiger partial charge on any atom is -0.493 e. The molecule has 126 valence electrons. The Kier molecular flexibility index (Phi) is 5.09. The fourth-order valence-corrected chi connectivity index (χ4v) is 3.27. The molecule has 1 aliphatic carbocycles. The molecule has 24 heavy (non-hydrogen) atoms. The molecule has 1 unspecified atom stereocenters. The van der Waals surface area contributed by atoms with Crippen LogP contribution in [0.25, 0.3) is 5.76 Å². The van der Waals surface area contributed by atoms with E-state index in [1.165, 1.54) is 11.1 Å². The zero-order chi connectivity index (χ0) is 16.9. The Morgan fingerprint density at radius 3 is 2.12 bits per heavy atom. The van der Waals surface area contributed by atoms with Gasteiger partial charge in [-0.15, -0.1) is 0 Å². The fourth-order valence-electron chi connectivity index (χ4n) is 3.27. The molecule has 0 heterocycles. The van der Waals surface area contributed by atoms with E-state index in [0.29, 0.717) is 19.8 Å². The molecule has 3 heteroatoms. The fraction of sp³-hybridized carbons (Fsp3) is 0.333. The number of hydrogen-bond donors (Lipinski definition) is 0. The molecule has 2 aromatic carbocycles. The minimum absolute atomic E-state index is 0.0445. The van der Waals surface area contributed by atoms with Crippen LogP contribution < -0.4 is 4.74 Å². The Labute approximate surface area is 143 Å². The Hall–Kier alpha value is -2.42. The van der Waals surface area contributed by atoms with E-state index >= 15 is 0 Å². The Bertz CT molecular complexity index is 719. The standard InChI is InChI=1S/C21H24O3/c1-4-22-17-14-10-13-16-18(15-11-8-7-9-12-15)20(23-5-2)21(19(16)17)24-6-3/h7-14,18H,4-6H2,1-3H3. The monoisotopic (exact) mass is 324 g/mol. The predicted octanol–water partition coefficient (Wildman–Crippen LogP) is 4.97. The second kappa shape index (κ2) is 7.43. The highest BCUT2D eigenvalue weighted by Gasteiger charge is 2.37. The lowest BCUT2D eigenvalue weighted by atomic mass is 9.92. The molecule has 0 saturated heterocycles. The first-order valence-corrected chi connectivity index (χ1v) is 8.62. The van der Waals surface area contributed by atoms with Gasteiger partial charge in [0.1, 0.15) is 5.75 Å². The van der Waals surface area contributed by atoms with E-state index in [2.05, 4.69) is 30.3 Å². The van der Waals surface area contributed by atoms with E-state index in [1.54, 1.807) is 0 Å². The highest BCUT2D eigenvalue weighted by atomic mass is 16.5. The van der Waals surface area contributed by atoms with E-state index in [1.807, 2.05) is 39.0 Å². The largest absolute Gasteiger partial charge is 0.493 e. The molecule has 2 aromatic rings. The van der Waals surface area contributed by atoms with E-state index in [0.717, 1.165) is 22.8 Å². The van der Waals surface area contributed by atoms with E-state index in [4.69, 9.17) is 14.2 Å². The highest BCUT2D eigenvalue weighted by molar-refractivity contribution is 5.79. The van der Waals surface area contributed by atoms with Crippen LogP contribution in [0.3, 0.4) is 0 Å². The van der Waals surface area contributed by atoms with Crippen molar-refractivity contribution in [1.29, 1.82) is 0 Å². The van der Waals surface area contributed by atoms with Crippen molar-refractivity contribution in [3.63, 3.8) is 0 Å². The Morgan fingerprint density at radius 1 is 0.750 bits per heavy atom. The molecule has 1 atom stereocenters. The number of hydrogen-bond acceptors (Lipinski definition) is 3. The van der Waals surface area contributed by atoms with Crippen LogP contribution in [0.4, 0.5) is 0 Å². The van der Waals surface area contributed by atoms with Crippen LogP contribution in [0.5, 0.6) is 5.75 Å². The number of benzene rings is 2. The SMILES string of the molecule is CCOC1=C(OCC)C(c2ccccc2)c2cccc(OCC)c21. The Morgan fingerprint density at radius 2 is 1.46 bits per heavy atom. The van der Waals surface area contributed by atoms with Gasteiger partial charge in [0.2, 0.25) is 0 Å². The zero-order valence-corrected chi connectivity index (χ0v) is 14.5.